The zero-order valence-corrected chi connectivity index (χ0v) is 19.9. The van der Waals surface area contributed by atoms with Gasteiger partial charge in [0.25, 0.3) is 5.56 Å². The summed E-state index contributed by atoms with van der Waals surface area (Å²) in [6, 6.07) is 17.3. The molecule has 0 aliphatic heterocycles. The Morgan fingerprint density at radius 1 is 1.18 bits per heavy atom. The first kappa shape index (κ1) is 23.6. The molecule has 0 saturated heterocycles. The second-order valence-electron chi connectivity index (χ2n) is 7.92. The van der Waals surface area contributed by atoms with Crippen molar-refractivity contribution in [2.75, 3.05) is 26.8 Å². The van der Waals surface area contributed by atoms with Gasteiger partial charge >= 0.3 is 0 Å². The summed E-state index contributed by atoms with van der Waals surface area (Å²) in [5.41, 5.74) is 2.69. The van der Waals surface area contributed by atoms with E-state index in [1.165, 1.54) is 11.3 Å². The van der Waals surface area contributed by atoms with E-state index in [2.05, 4.69) is 9.88 Å². The Morgan fingerprint density at radius 3 is 2.67 bits per heavy atom. The number of ether oxygens (including phenoxy) is 1. The molecule has 0 bridgehead atoms. The fraction of sp³-hybridized carbons (Fsp3) is 0.280. The maximum absolute atomic E-state index is 13.0. The second-order valence-corrected chi connectivity index (χ2v) is 9.22. The summed E-state index contributed by atoms with van der Waals surface area (Å²) in [6.07, 6.45) is 0.0147. The number of aliphatic hydroxyl groups excluding tert-OH is 1. The van der Waals surface area contributed by atoms with Crippen molar-refractivity contribution in [3.8, 4) is 11.1 Å². The van der Waals surface area contributed by atoms with Gasteiger partial charge in [0.05, 0.1) is 24.6 Å². The van der Waals surface area contributed by atoms with Gasteiger partial charge in [0.2, 0.25) is 0 Å². The van der Waals surface area contributed by atoms with Gasteiger partial charge in [0.15, 0.2) is 0 Å². The Kier molecular flexibility index (Phi) is 7.90. The number of aromatic nitrogens is 2. The smallest absolute Gasteiger partial charge is 0.260 e. The highest BCUT2D eigenvalue weighted by molar-refractivity contribution is 7.17. The van der Waals surface area contributed by atoms with Crippen LogP contribution in [0.1, 0.15) is 11.4 Å². The molecule has 6 nitrogen and oxygen atoms in total. The fourth-order valence-electron chi connectivity index (χ4n) is 3.83. The SMILES string of the molecule is COCCN(Cc1nc2scc(-c3ccc(Cl)cc3)c2c(=O)[nH]1)CC(O)Cc1ccccc1. The maximum Gasteiger partial charge on any atom is 0.260 e. The fourth-order valence-corrected chi connectivity index (χ4v) is 4.92. The zero-order chi connectivity index (χ0) is 23.2. The van der Waals surface area contributed by atoms with Gasteiger partial charge in [-0.3, -0.25) is 9.69 Å². The number of aliphatic hydroxyl groups is 1. The molecule has 1 atom stereocenters. The van der Waals surface area contributed by atoms with Gasteiger partial charge in [-0.2, -0.15) is 0 Å². The van der Waals surface area contributed by atoms with Crippen molar-refractivity contribution in [2.45, 2.75) is 19.1 Å². The van der Waals surface area contributed by atoms with Crippen LogP contribution in [0.5, 0.6) is 0 Å². The minimum absolute atomic E-state index is 0.169. The van der Waals surface area contributed by atoms with Crippen molar-refractivity contribution < 1.29 is 9.84 Å². The van der Waals surface area contributed by atoms with Crippen LogP contribution in [0.3, 0.4) is 0 Å². The average molecular weight is 484 g/mol. The lowest BCUT2D eigenvalue weighted by Gasteiger charge is -2.24. The van der Waals surface area contributed by atoms with Gasteiger partial charge < -0.3 is 14.8 Å². The number of aromatic amines is 1. The van der Waals surface area contributed by atoms with E-state index in [1.807, 2.05) is 60.0 Å². The summed E-state index contributed by atoms with van der Waals surface area (Å²) in [6.45, 7) is 1.99. The zero-order valence-electron chi connectivity index (χ0n) is 18.3. The van der Waals surface area contributed by atoms with E-state index in [1.54, 1.807) is 7.11 Å². The summed E-state index contributed by atoms with van der Waals surface area (Å²) in [5.74, 6) is 0.569. The van der Waals surface area contributed by atoms with Gasteiger partial charge in [0.1, 0.15) is 10.7 Å². The molecule has 2 heterocycles. The van der Waals surface area contributed by atoms with Gasteiger partial charge in [-0.15, -0.1) is 11.3 Å². The lowest BCUT2D eigenvalue weighted by Crippen LogP contribution is -2.36. The van der Waals surface area contributed by atoms with E-state index in [0.717, 1.165) is 16.7 Å². The molecule has 0 aliphatic carbocycles. The molecule has 2 N–H and O–H groups in total. The first-order valence-electron chi connectivity index (χ1n) is 10.7. The number of hydrogen-bond donors (Lipinski definition) is 2. The van der Waals surface area contributed by atoms with E-state index in [0.29, 0.717) is 53.7 Å². The normalized spacial score (nSPS) is 12.5. The number of H-pyrrole nitrogens is 1. The molecule has 4 rings (SSSR count). The lowest BCUT2D eigenvalue weighted by atomic mass is 10.1. The molecule has 0 aliphatic rings. The molecule has 0 amide bonds. The molecule has 4 aromatic rings. The molecule has 0 saturated carbocycles. The molecular formula is C25H26ClN3O3S. The van der Waals surface area contributed by atoms with E-state index >= 15 is 0 Å². The van der Waals surface area contributed by atoms with E-state index < -0.39 is 6.10 Å². The van der Waals surface area contributed by atoms with Gasteiger partial charge in [-0.1, -0.05) is 54.1 Å². The average Bonchev–Trinajstić information content (AvgIpc) is 3.23. The lowest BCUT2D eigenvalue weighted by molar-refractivity contribution is 0.0837. The Hall–Kier alpha value is -2.55. The summed E-state index contributed by atoms with van der Waals surface area (Å²) in [7, 11) is 1.65. The summed E-state index contributed by atoms with van der Waals surface area (Å²) < 4.78 is 5.24. The number of rotatable bonds is 10. The number of nitrogens with one attached hydrogen (secondary N) is 1. The highest BCUT2D eigenvalue weighted by atomic mass is 35.5. The van der Waals surface area contributed by atoms with Crippen molar-refractivity contribution in [1.29, 1.82) is 0 Å². The first-order valence-corrected chi connectivity index (χ1v) is 12.0. The Balaban J connectivity index is 1.53. The maximum atomic E-state index is 13.0. The molecule has 33 heavy (non-hydrogen) atoms. The monoisotopic (exact) mass is 483 g/mol. The van der Waals surface area contributed by atoms with Crippen molar-refractivity contribution in [1.82, 2.24) is 14.9 Å². The van der Waals surface area contributed by atoms with E-state index in [4.69, 9.17) is 21.3 Å². The van der Waals surface area contributed by atoms with Crippen molar-refractivity contribution >= 4 is 33.2 Å². The minimum Gasteiger partial charge on any atom is -0.391 e. The Morgan fingerprint density at radius 2 is 1.94 bits per heavy atom. The van der Waals surface area contributed by atoms with Crippen LogP contribution in [0.4, 0.5) is 0 Å². The van der Waals surface area contributed by atoms with Crippen LogP contribution in [0.2, 0.25) is 5.02 Å². The standard InChI is InChI=1S/C25H26ClN3O3S/c1-32-12-11-29(14-20(30)13-17-5-3-2-4-6-17)15-22-27-24(31)23-21(16-33-25(23)28-22)18-7-9-19(26)10-8-18/h2-10,16,20,30H,11-15H2,1H3,(H,27,28,31). The molecular weight excluding hydrogens is 458 g/mol. The van der Waals surface area contributed by atoms with Crippen molar-refractivity contribution in [3.05, 3.63) is 86.7 Å². The van der Waals surface area contributed by atoms with Crippen LogP contribution in [-0.2, 0) is 17.7 Å². The highest BCUT2D eigenvalue weighted by Gasteiger charge is 2.17. The van der Waals surface area contributed by atoms with Crippen LogP contribution in [0.25, 0.3) is 21.3 Å². The third kappa shape index (κ3) is 6.07. The molecule has 2 aromatic carbocycles. The molecule has 0 radical (unpaired) electrons. The number of halogens is 1. The van der Waals surface area contributed by atoms with E-state index in [9.17, 15) is 9.90 Å². The number of methoxy groups -OCH3 is 1. The molecule has 2 aromatic heterocycles. The summed E-state index contributed by atoms with van der Waals surface area (Å²) >= 11 is 7.45. The first-order chi connectivity index (χ1) is 16.0. The Labute approximate surface area is 201 Å². The predicted molar refractivity (Wildman–Crippen MR) is 134 cm³/mol. The predicted octanol–water partition coefficient (Wildman–Crippen LogP) is 4.36. The number of benzene rings is 2. The number of thiophene rings is 1. The number of hydrogen-bond acceptors (Lipinski definition) is 6. The van der Waals surface area contributed by atoms with Gasteiger partial charge in [-0.05, 0) is 29.7 Å². The highest BCUT2D eigenvalue weighted by Crippen LogP contribution is 2.31. The largest absolute Gasteiger partial charge is 0.391 e. The second kappa shape index (κ2) is 11.0. The van der Waals surface area contributed by atoms with Crippen molar-refractivity contribution in [2.24, 2.45) is 0 Å². The summed E-state index contributed by atoms with van der Waals surface area (Å²) in [5, 5.41) is 13.8. The minimum atomic E-state index is -0.544. The molecule has 0 fully saturated rings. The van der Waals surface area contributed by atoms with Crippen LogP contribution in [0, 0.1) is 0 Å². The van der Waals surface area contributed by atoms with Crippen molar-refractivity contribution in [3.63, 3.8) is 0 Å². The topological polar surface area (TPSA) is 78.5 Å². The van der Waals surface area contributed by atoms with Gasteiger partial charge in [0, 0.05) is 36.2 Å². The third-order valence-corrected chi connectivity index (χ3v) is 6.54. The van der Waals surface area contributed by atoms with Crippen LogP contribution >= 0.6 is 22.9 Å². The molecule has 8 heteroatoms. The molecule has 0 spiro atoms. The number of nitrogens with zero attached hydrogens (tertiary/aromatic N) is 2. The van der Waals surface area contributed by atoms with Gasteiger partial charge in [-0.25, -0.2) is 4.98 Å². The van der Waals surface area contributed by atoms with E-state index in [-0.39, 0.29) is 5.56 Å². The quantitative estimate of drug-likeness (QED) is 0.350. The van der Waals surface area contributed by atoms with Crippen LogP contribution < -0.4 is 5.56 Å². The molecule has 1 unspecified atom stereocenters. The Bertz CT molecular complexity index is 1240. The molecule has 172 valence electrons. The van der Waals surface area contributed by atoms with Crippen LogP contribution in [0.15, 0.2) is 64.8 Å². The van der Waals surface area contributed by atoms with Crippen LogP contribution in [-0.4, -0.2) is 52.9 Å². The third-order valence-electron chi connectivity index (χ3n) is 5.42. The summed E-state index contributed by atoms with van der Waals surface area (Å²) in [4.78, 5) is 23.4. The number of fused-ring (bicyclic) bond motifs is 1.